The minimum atomic E-state index is -0.495. The Morgan fingerprint density at radius 3 is 2.75 bits per heavy atom. The Hall–Kier alpha value is -2.39. The summed E-state index contributed by atoms with van der Waals surface area (Å²) in [6.07, 6.45) is 0. The predicted octanol–water partition coefficient (Wildman–Crippen LogP) is 4.33. The van der Waals surface area contributed by atoms with Crippen molar-refractivity contribution in [3.63, 3.8) is 0 Å². The molecule has 0 saturated carbocycles. The second-order valence-electron chi connectivity index (χ2n) is 4.07. The first kappa shape index (κ1) is 14.0. The quantitative estimate of drug-likeness (QED) is 0.619. The van der Waals surface area contributed by atoms with Crippen LogP contribution in [0.25, 0.3) is 0 Å². The number of halogens is 1. The van der Waals surface area contributed by atoms with E-state index in [9.17, 15) is 10.1 Å². The van der Waals surface area contributed by atoms with Crippen LogP contribution >= 0.6 is 15.9 Å². The Morgan fingerprint density at radius 2 is 2.10 bits per heavy atom. The van der Waals surface area contributed by atoms with Gasteiger partial charge in [0.1, 0.15) is 5.75 Å². The summed E-state index contributed by atoms with van der Waals surface area (Å²) < 4.78 is 6.27. The number of hydrogen-bond acceptors (Lipinski definition) is 4. The molecule has 0 saturated heterocycles. The minimum absolute atomic E-state index is 0.108. The predicted molar refractivity (Wildman–Crippen MR) is 76.8 cm³/mol. The van der Waals surface area contributed by atoms with Crippen LogP contribution in [0, 0.1) is 28.4 Å². The zero-order valence-corrected chi connectivity index (χ0v) is 12.0. The van der Waals surface area contributed by atoms with Gasteiger partial charge >= 0.3 is 5.69 Å². The van der Waals surface area contributed by atoms with Crippen LogP contribution in [0.1, 0.15) is 11.1 Å². The number of aryl methyl sites for hydroxylation is 1. The van der Waals surface area contributed by atoms with Gasteiger partial charge in [-0.05, 0) is 30.7 Å². The summed E-state index contributed by atoms with van der Waals surface area (Å²) >= 11 is 3.27. The number of para-hydroxylation sites is 1. The highest BCUT2D eigenvalue weighted by molar-refractivity contribution is 9.10. The van der Waals surface area contributed by atoms with Gasteiger partial charge in [-0.15, -0.1) is 0 Å². The largest absolute Gasteiger partial charge is 0.450 e. The van der Waals surface area contributed by atoms with Crippen LogP contribution in [0.5, 0.6) is 11.5 Å². The maximum absolute atomic E-state index is 11.0. The summed E-state index contributed by atoms with van der Waals surface area (Å²) in [6, 6.07) is 11.5. The van der Waals surface area contributed by atoms with Gasteiger partial charge in [0.25, 0.3) is 0 Å². The van der Waals surface area contributed by atoms with E-state index in [1.165, 1.54) is 12.1 Å². The highest BCUT2D eigenvalue weighted by Gasteiger charge is 2.18. The van der Waals surface area contributed by atoms with Gasteiger partial charge in [-0.25, -0.2) is 0 Å². The summed E-state index contributed by atoms with van der Waals surface area (Å²) in [5.74, 6) is 0.549. The minimum Gasteiger partial charge on any atom is -0.450 e. The fourth-order valence-corrected chi connectivity index (χ4v) is 2.19. The number of nitro benzene ring substituents is 1. The standard InChI is InChI=1S/C14H9BrN2O3/c1-9-3-2-4-13(17(18)19)14(9)20-12-6-10(8-16)5-11(15)7-12/h2-7H,1H3. The van der Waals surface area contributed by atoms with Crippen LogP contribution in [-0.2, 0) is 0 Å². The molecule has 0 unspecified atom stereocenters. The van der Waals surface area contributed by atoms with Gasteiger partial charge in [0.15, 0.2) is 0 Å². The Kier molecular flexibility index (Phi) is 4.01. The summed E-state index contributed by atoms with van der Waals surface area (Å²) in [5, 5.41) is 19.9. The van der Waals surface area contributed by atoms with Crippen LogP contribution < -0.4 is 4.74 Å². The van der Waals surface area contributed by atoms with Crippen molar-refractivity contribution in [2.45, 2.75) is 6.92 Å². The van der Waals surface area contributed by atoms with Crippen molar-refractivity contribution < 1.29 is 9.66 Å². The first-order chi connectivity index (χ1) is 9.51. The van der Waals surface area contributed by atoms with E-state index in [0.29, 0.717) is 21.3 Å². The maximum Gasteiger partial charge on any atom is 0.311 e. The summed E-state index contributed by atoms with van der Waals surface area (Å²) in [5.41, 5.74) is 0.951. The lowest BCUT2D eigenvalue weighted by molar-refractivity contribution is -0.385. The molecule has 2 aromatic rings. The smallest absolute Gasteiger partial charge is 0.311 e. The fraction of sp³-hybridized carbons (Fsp3) is 0.0714. The number of hydrogen-bond donors (Lipinski definition) is 0. The third-order valence-corrected chi connectivity index (χ3v) is 3.07. The number of ether oxygens (including phenoxy) is 1. The van der Waals surface area contributed by atoms with Crippen molar-refractivity contribution in [2.24, 2.45) is 0 Å². The molecule has 0 aliphatic heterocycles. The third kappa shape index (κ3) is 2.95. The van der Waals surface area contributed by atoms with Gasteiger partial charge in [0, 0.05) is 10.5 Å². The summed E-state index contributed by atoms with van der Waals surface area (Å²) in [6.45, 7) is 1.73. The van der Waals surface area contributed by atoms with E-state index >= 15 is 0 Å². The molecule has 100 valence electrons. The normalized spacial score (nSPS) is 9.85. The van der Waals surface area contributed by atoms with Crippen LogP contribution in [-0.4, -0.2) is 4.92 Å². The molecule has 0 atom stereocenters. The van der Waals surface area contributed by atoms with E-state index in [4.69, 9.17) is 10.00 Å². The SMILES string of the molecule is Cc1cccc([N+](=O)[O-])c1Oc1cc(Br)cc(C#N)c1. The number of rotatable bonds is 3. The number of nitro groups is 1. The molecule has 0 bridgehead atoms. The van der Waals surface area contributed by atoms with Crippen molar-refractivity contribution in [3.8, 4) is 17.6 Å². The third-order valence-electron chi connectivity index (χ3n) is 2.61. The van der Waals surface area contributed by atoms with Gasteiger partial charge < -0.3 is 4.74 Å². The molecule has 0 aliphatic carbocycles. The van der Waals surface area contributed by atoms with Gasteiger partial charge in [-0.1, -0.05) is 28.1 Å². The first-order valence-corrected chi connectivity index (χ1v) is 6.43. The molecule has 0 aromatic heterocycles. The number of nitrogens with zero attached hydrogens (tertiary/aromatic N) is 2. The van der Waals surface area contributed by atoms with Crippen LogP contribution in [0.15, 0.2) is 40.9 Å². The zero-order chi connectivity index (χ0) is 14.7. The van der Waals surface area contributed by atoms with Crippen LogP contribution in [0.4, 0.5) is 5.69 Å². The van der Waals surface area contributed by atoms with E-state index < -0.39 is 4.92 Å². The lowest BCUT2D eigenvalue weighted by Crippen LogP contribution is -1.95. The molecule has 20 heavy (non-hydrogen) atoms. The van der Waals surface area contributed by atoms with E-state index in [-0.39, 0.29) is 11.4 Å². The van der Waals surface area contributed by atoms with Crippen LogP contribution in [0.3, 0.4) is 0 Å². The molecular weight excluding hydrogens is 324 g/mol. The molecule has 0 amide bonds. The average molecular weight is 333 g/mol. The van der Waals surface area contributed by atoms with E-state index in [1.807, 2.05) is 6.07 Å². The molecular formula is C14H9BrN2O3. The Balaban J connectivity index is 2.48. The molecule has 2 aromatic carbocycles. The number of benzene rings is 2. The molecule has 0 spiro atoms. The second-order valence-corrected chi connectivity index (χ2v) is 4.99. The van der Waals surface area contributed by atoms with Crippen molar-refractivity contribution in [3.05, 3.63) is 62.1 Å². The molecule has 0 N–H and O–H groups in total. The van der Waals surface area contributed by atoms with Crippen molar-refractivity contribution >= 4 is 21.6 Å². The van der Waals surface area contributed by atoms with Gasteiger partial charge in [0.05, 0.1) is 16.6 Å². The maximum atomic E-state index is 11.0. The lowest BCUT2D eigenvalue weighted by atomic mass is 10.2. The zero-order valence-electron chi connectivity index (χ0n) is 10.5. The van der Waals surface area contributed by atoms with E-state index in [1.54, 1.807) is 31.2 Å². The molecule has 0 fully saturated rings. The fourth-order valence-electron chi connectivity index (χ4n) is 1.72. The lowest BCUT2D eigenvalue weighted by Gasteiger charge is -2.09. The number of nitriles is 1. The highest BCUT2D eigenvalue weighted by atomic mass is 79.9. The van der Waals surface area contributed by atoms with Gasteiger partial charge in [-0.2, -0.15) is 5.26 Å². The molecule has 0 aliphatic rings. The molecule has 0 radical (unpaired) electrons. The Bertz CT molecular complexity index is 723. The highest BCUT2D eigenvalue weighted by Crippen LogP contribution is 2.35. The van der Waals surface area contributed by atoms with Crippen molar-refractivity contribution in [1.82, 2.24) is 0 Å². The second kappa shape index (κ2) is 5.72. The molecule has 5 nitrogen and oxygen atoms in total. The van der Waals surface area contributed by atoms with Crippen molar-refractivity contribution in [1.29, 1.82) is 5.26 Å². The summed E-state index contributed by atoms with van der Waals surface area (Å²) in [7, 11) is 0. The van der Waals surface area contributed by atoms with E-state index in [0.717, 1.165) is 0 Å². The Labute approximate surface area is 123 Å². The molecule has 2 rings (SSSR count). The van der Waals surface area contributed by atoms with Crippen molar-refractivity contribution in [2.75, 3.05) is 0 Å². The first-order valence-electron chi connectivity index (χ1n) is 5.64. The molecule has 6 heteroatoms. The topological polar surface area (TPSA) is 76.2 Å². The Morgan fingerprint density at radius 1 is 1.35 bits per heavy atom. The molecule has 0 heterocycles. The van der Waals surface area contributed by atoms with Crippen LogP contribution in [0.2, 0.25) is 0 Å². The summed E-state index contributed by atoms with van der Waals surface area (Å²) in [4.78, 5) is 10.5. The van der Waals surface area contributed by atoms with E-state index in [2.05, 4.69) is 15.9 Å². The van der Waals surface area contributed by atoms with Gasteiger partial charge in [-0.3, -0.25) is 10.1 Å². The van der Waals surface area contributed by atoms with Gasteiger partial charge in [0.2, 0.25) is 5.75 Å². The average Bonchev–Trinajstić information content (AvgIpc) is 2.40. The monoisotopic (exact) mass is 332 g/mol.